The summed E-state index contributed by atoms with van der Waals surface area (Å²) in [5, 5.41) is 10.3. The molecule has 0 unspecified atom stereocenters. The zero-order valence-corrected chi connectivity index (χ0v) is 15.5. The molecule has 1 heterocycles. The monoisotopic (exact) mass is 365 g/mol. The molecule has 4 rings (SSSR count). The number of Topliss-reactive ketones (excluding diaryl/α,β-unsaturated/α-hetero) is 1. The lowest BCUT2D eigenvalue weighted by molar-refractivity contribution is 0.0929. The van der Waals surface area contributed by atoms with Crippen molar-refractivity contribution in [2.24, 2.45) is 5.92 Å². The van der Waals surface area contributed by atoms with Gasteiger partial charge in [0.15, 0.2) is 5.78 Å². The molecule has 4 heteroatoms. The number of nitrogens with zero attached hydrogens (tertiary/aromatic N) is 1. The van der Waals surface area contributed by atoms with E-state index in [1.165, 1.54) is 22.5 Å². The van der Waals surface area contributed by atoms with Crippen molar-refractivity contribution in [1.29, 1.82) is 0 Å². The van der Waals surface area contributed by atoms with E-state index in [2.05, 4.69) is 29.2 Å². The summed E-state index contributed by atoms with van der Waals surface area (Å²) in [6, 6.07) is 14.3. The number of aromatic nitrogens is 1. The van der Waals surface area contributed by atoms with E-state index in [0.717, 1.165) is 41.5 Å². The van der Waals surface area contributed by atoms with E-state index < -0.39 is 6.10 Å². The van der Waals surface area contributed by atoms with Gasteiger partial charge in [0.1, 0.15) is 0 Å². The fraction of sp³-hybridized carbons (Fsp3) is 0.364. The standard InChI is InChI=1S/C22H23NO2S/c24-18(9-8-15-12-16-4-1-2-5-17(16)13-15)10-11-21(25)19-6-3-7-20-22(19)26-14-23-20/h1-7,14-15,18,24H,8-13H2/t18-/m0/s1. The third-order valence-electron chi connectivity index (χ3n) is 5.41. The molecular weight excluding hydrogens is 342 g/mol. The number of hydrogen-bond acceptors (Lipinski definition) is 4. The number of carbonyl (C=O) groups excluding carboxylic acids is 1. The quantitative estimate of drug-likeness (QED) is 0.611. The normalized spacial score (nSPS) is 15.3. The molecule has 2 aromatic carbocycles. The molecular formula is C22H23NO2S. The second-order valence-corrected chi connectivity index (χ2v) is 8.10. The smallest absolute Gasteiger partial charge is 0.164 e. The molecule has 1 aromatic heterocycles. The van der Waals surface area contributed by atoms with Crippen molar-refractivity contribution in [1.82, 2.24) is 4.98 Å². The molecule has 1 aliphatic carbocycles. The summed E-state index contributed by atoms with van der Waals surface area (Å²) >= 11 is 1.50. The summed E-state index contributed by atoms with van der Waals surface area (Å²) < 4.78 is 0.954. The molecule has 3 aromatic rings. The van der Waals surface area contributed by atoms with E-state index in [4.69, 9.17) is 0 Å². The van der Waals surface area contributed by atoms with E-state index >= 15 is 0 Å². The van der Waals surface area contributed by atoms with Crippen molar-refractivity contribution in [3.05, 3.63) is 64.7 Å². The van der Waals surface area contributed by atoms with Crippen LogP contribution in [0.3, 0.4) is 0 Å². The van der Waals surface area contributed by atoms with Crippen LogP contribution in [-0.2, 0) is 12.8 Å². The zero-order valence-electron chi connectivity index (χ0n) is 14.7. The minimum atomic E-state index is -0.400. The van der Waals surface area contributed by atoms with Crippen molar-refractivity contribution in [2.45, 2.75) is 44.6 Å². The molecule has 0 radical (unpaired) electrons. The van der Waals surface area contributed by atoms with Crippen LogP contribution in [0.1, 0.15) is 47.2 Å². The number of carbonyl (C=O) groups is 1. The maximum Gasteiger partial charge on any atom is 0.164 e. The molecule has 1 N–H and O–H groups in total. The van der Waals surface area contributed by atoms with Crippen molar-refractivity contribution >= 4 is 27.3 Å². The Morgan fingerprint density at radius 3 is 2.65 bits per heavy atom. The van der Waals surface area contributed by atoms with Gasteiger partial charge in [0.2, 0.25) is 0 Å². The Hall–Kier alpha value is -2.04. The van der Waals surface area contributed by atoms with Crippen molar-refractivity contribution in [3.63, 3.8) is 0 Å². The van der Waals surface area contributed by atoms with Gasteiger partial charge in [0, 0.05) is 12.0 Å². The maximum absolute atomic E-state index is 12.5. The van der Waals surface area contributed by atoms with Gasteiger partial charge in [-0.05, 0) is 61.3 Å². The van der Waals surface area contributed by atoms with Gasteiger partial charge in [-0.3, -0.25) is 4.79 Å². The molecule has 0 bridgehead atoms. The lowest BCUT2D eigenvalue weighted by Gasteiger charge is -2.13. The molecule has 1 aliphatic rings. The number of ketones is 1. The van der Waals surface area contributed by atoms with E-state index in [0.29, 0.717) is 18.8 Å². The third kappa shape index (κ3) is 3.71. The van der Waals surface area contributed by atoms with Crippen LogP contribution in [0.4, 0.5) is 0 Å². The third-order valence-corrected chi connectivity index (χ3v) is 6.28. The fourth-order valence-corrected chi connectivity index (χ4v) is 4.79. The lowest BCUT2D eigenvalue weighted by Crippen LogP contribution is -2.12. The highest BCUT2D eigenvalue weighted by molar-refractivity contribution is 7.17. The summed E-state index contributed by atoms with van der Waals surface area (Å²) in [5.41, 5.74) is 6.31. The van der Waals surface area contributed by atoms with Gasteiger partial charge < -0.3 is 5.11 Å². The molecule has 0 spiro atoms. The van der Waals surface area contributed by atoms with E-state index in [9.17, 15) is 9.90 Å². The Labute approximate surface area is 157 Å². The summed E-state index contributed by atoms with van der Waals surface area (Å²) in [6.07, 6.45) is 4.56. The minimum Gasteiger partial charge on any atom is -0.393 e. The van der Waals surface area contributed by atoms with E-state index in [1.807, 2.05) is 18.2 Å². The summed E-state index contributed by atoms with van der Waals surface area (Å²) in [6.45, 7) is 0. The van der Waals surface area contributed by atoms with Crippen molar-refractivity contribution in [3.8, 4) is 0 Å². The van der Waals surface area contributed by atoms with Gasteiger partial charge in [-0.2, -0.15) is 0 Å². The van der Waals surface area contributed by atoms with E-state index in [-0.39, 0.29) is 5.78 Å². The van der Waals surface area contributed by atoms with Gasteiger partial charge >= 0.3 is 0 Å². The number of hydrogen-bond donors (Lipinski definition) is 1. The van der Waals surface area contributed by atoms with Gasteiger partial charge in [-0.15, -0.1) is 11.3 Å². The van der Waals surface area contributed by atoms with Crippen molar-refractivity contribution in [2.75, 3.05) is 0 Å². The highest BCUT2D eigenvalue weighted by Gasteiger charge is 2.22. The summed E-state index contributed by atoms with van der Waals surface area (Å²) in [5.74, 6) is 0.732. The van der Waals surface area contributed by atoms with Gasteiger partial charge in [0.05, 0.1) is 21.8 Å². The van der Waals surface area contributed by atoms with Gasteiger partial charge in [-0.1, -0.05) is 30.3 Å². The Kier molecular flexibility index (Phi) is 5.14. The Morgan fingerprint density at radius 2 is 1.88 bits per heavy atom. The van der Waals surface area contributed by atoms with Crippen LogP contribution in [-0.4, -0.2) is 22.0 Å². The van der Waals surface area contributed by atoms with Crippen LogP contribution in [0.25, 0.3) is 10.2 Å². The van der Waals surface area contributed by atoms with Crippen LogP contribution in [0.5, 0.6) is 0 Å². The van der Waals surface area contributed by atoms with Gasteiger partial charge in [0.25, 0.3) is 0 Å². The Morgan fingerprint density at radius 1 is 1.12 bits per heavy atom. The van der Waals surface area contributed by atoms with Gasteiger partial charge in [-0.25, -0.2) is 4.98 Å². The number of rotatable bonds is 7. The number of aliphatic hydroxyl groups excluding tert-OH is 1. The highest BCUT2D eigenvalue weighted by Crippen LogP contribution is 2.30. The molecule has 26 heavy (non-hydrogen) atoms. The second-order valence-electron chi connectivity index (χ2n) is 7.24. The maximum atomic E-state index is 12.5. The molecule has 0 amide bonds. The second kappa shape index (κ2) is 7.68. The van der Waals surface area contributed by atoms with Crippen molar-refractivity contribution < 1.29 is 9.90 Å². The SMILES string of the molecule is O=C(CC[C@@H](O)CCC1Cc2ccccc2C1)c1cccc2ncsc12. The largest absolute Gasteiger partial charge is 0.393 e. The van der Waals surface area contributed by atoms with Crippen LogP contribution < -0.4 is 0 Å². The van der Waals surface area contributed by atoms with Crippen LogP contribution >= 0.6 is 11.3 Å². The average molecular weight is 365 g/mol. The number of aliphatic hydroxyl groups is 1. The molecule has 0 saturated carbocycles. The van der Waals surface area contributed by atoms with Crippen LogP contribution in [0, 0.1) is 5.92 Å². The highest BCUT2D eigenvalue weighted by atomic mass is 32.1. The molecule has 0 saturated heterocycles. The molecule has 0 fully saturated rings. The summed E-state index contributed by atoms with van der Waals surface area (Å²) in [4.78, 5) is 16.8. The first-order valence-corrected chi connectivity index (χ1v) is 10.2. The Bertz CT molecular complexity index is 892. The minimum absolute atomic E-state index is 0.104. The average Bonchev–Trinajstić information content (AvgIpc) is 3.30. The predicted molar refractivity (Wildman–Crippen MR) is 106 cm³/mol. The topological polar surface area (TPSA) is 50.2 Å². The van der Waals surface area contributed by atoms with E-state index in [1.54, 1.807) is 5.51 Å². The molecule has 0 aliphatic heterocycles. The van der Waals surface area contributed by atoms with Crippen LogP contribution in [0.15, 0.2) is 48.0 Å². The number of benzene rings is 2. The summed E-state index contributed by atoms with van der Waals surface area (Å²) in [7, 11) is 0. The number of thiazole rings is 1. The lowest BCUT2D eigenvalue weighted by atomic mass is 9.95. The number of fused-ring (bicyclic) bond motifs is 2. The molecule has 134 valence electrons. The first kappa shape index (κ1) is 17.4. The van der Waals surface area contributed by atoms with Crippen LogP contribution in [0.2, 0.25) is 0 Å². The molecule has 3 nitrogen and oxygen atoms in total. The molecule has 1 atom stereocenters. The fourth-order valence-electron chi connectivity index (χ4n) is 3.96. The Balaban J connectivity index is 1.26. The first-order valence-electron chi connectivity index (χ1n) is 9.31. The zero-order chi connectivity index (χ0) is 17.9. The predicted octanol–water partition coefficient (Wildman–Crippen LogP) is 4.82. The first-order chi connectivity index (χ1) is 12.7.